The van der Waals surface area contributed by atoms with Gasteiger partial charge >= 0.3 is 0 Å². The average Bonchev–Trinajstić information content (AvgIpc) is 2.92. The molecule has 20 heavy (non-hydrogen) atoms. The van der Waals surface area contributed by atoms with Gasteiger partial charge in [0, 0.05) is 5.56 Å². The maximum absolute atomic E-state index is 9.74. The highest BCUT2D eigenvalue weighted by atomic mass is 16.4. The molecule has 0 saturated carbocycles. The summed E-state index contributed by atoms with van der Waals surface area (Å²) in [7, 11) is 0. The number of hydrogen-bond donors (Lipinski definition) is 2. The number of aryl methyl sites for hydroxylation is 1. The Morgan fingerprint density at radius 2 is 2.10 bits per heavy atom. The number of nitrogens with one attached hydrogen (secondary N) is 1. The second kappa shape index (κ2) is 6.52. The summed E-state index contributed by atoms with van der Waals surface area (Å²) in [5, 5.41) is 21.3. The molecule has 0 amide bonds. The smallest absolute Gasteiger partial charge is 0.247 e. The first-order valence-corrected chi connectivity index (χ1v) is 7.02. The molecule has 5 heteroatoms. The molecule has 1 aromatic heterocycles. The van der Waals surface area contributed by atoms with Crippen LogP contribution in [-0.2, 0) is 0 Å². The van der Waals surface area contributed by atoms with Crippen LogP contribution < -0.4 is 5.32 Å². The summed E-state index contributed by atoms with van der Waals surface area (Å²) in [5.41, 5.74) is 1.56. The minimum absolute atomic E-state index is 0.0789. The Morgan fingerprint density at radius 1 is 1.30 bits per heavy atom. The fraction of sp³-hybridized carbons (Fsp3) is 0.467. The van der Waals surface area contributed by atoms with Gasteiger partial charge in [-0.15, -0.1) is 10.2 Å². The van der Waals surface area contributed by atoms with Crippen molar-refractivity contribution in [2.24, 2.45) is 0 Å². The molecule has 2 rings (SSSR count). The molecular weight excluding hydrogens is 254 g/mol. The van der Waals surface area contributed by atoms with E-state index < -0.39 is 0 Å². The number of aromatic nitrogens is 2. The Hall–Kier alpha value is -1.88. The number of phenolic OH excluding ortho intramolecular Hbond substituents is 1. The van der Waals surface area contributed by atoms with Gasteiger partial charge in [0.1, 0.15) is 5.75 Å². The van der Waals surface area contributed by atoms with Crippen LogP contribution in [0.25, 0.3) is 11.5 Å². The Bertz CT molecular complexity index is 566. The van der Waals surface area contributed by atoms with Crippen molar-refractivity contribution in [1.29, 1.82) is 0 Å². The highest BCUT2D eigenvalue weighted by molar-refractivity contribution is 5.57. The van der Waals surface area contributed by atoms with Gasteiger partial charge in [-0.2, -0.15) is 0 Å². The average molecular weight is 275 g/mol. The first-order valence-electron chi connectivity index (χ1n) is 7.02. The lowest BCUT2D eigenvalue weighted by atomic mass is 10.1. The molecule has 0 bridgehead atoms. The van der Waals surface area contributed by atoms with Crippen LogP contribution in [0.4, 0.5) is 0 Å². The van der Waals surface area contributed by atoms with Gasteiger partial charge in [-0.05, 0) is 44.0 Å². The summed E-state index contributed by atoms with van der Waals surface area (Å²) in [4.78, 5) is 0. The molecule has 2 aromatic rings. The summed E-state index contributed by atoms with van der Waals surface area (Å²) < 4.78 is 5.72. The minimum atomic E-state index is 0.0789. The standard InChI is InChI=1S/C15H21N3O2/c1-4-8-16-12(5-2)15-18-17-14(20-15)11-7-6-10(3)13(19)9-11/h6-7,9,12,16,19H,4-5,8H2,1-3H3. The van der Waals surface area contributed by atoms with E-state index in [0.717, 1.165) is 30.5 Å². The van der Waals surface area contributed by atoms with Crippen LogP contribution in [-0.4, -0.2) is 21.8 Å². The number of nitrogens with zero attached hydrogens (tertiary/aromatic N) is 2. The highest BCUT2D eigenvalue weighted by Crippen LogP contribution is 2.26. The monoisotopic (exact) mass is 275 g/mol. The van der Waals surface area contributed by atoms with Gasteiger partial charge < -0.3 is 14.8 Å². The van der Waals surface area contributed by atoms with Gasteiger partial charge in [0.15, 0.2) is 0 Å². The van der Waals surface area contributed by atoms with E-state index in [9.17, 15) is 5.11 Å². The van der Waals surface area contributed by atoms with Crippen LogP contribution >= 0.6 is 0 Å². The van der Waals surface area contributed by atoms with Crippen molar-refractivity contribution in [3.63, 3.8) is 0 Å². The molecule has 0 saturated heterocycles. The maximum Gasteiger partial charge on any atom is 0.247 e. The van der Waals surface area contributed by atoms with E-state index >= 15 is 0 Å². The molecule has 1 unspecified atom stereocenters. The molecule has 0 aliphatic rings. The van der Waals surface area contributed by atoms with E-state index in [-0.39, 0.29) is 11.8 Å². The van der Waals surface area contributed by atoms with Crippen LogP contribution in [0, 0.1) is 6.92 Å². The zero-order chi connectivity index (χ0) is 14.5. The first kappa shape index (κ1) is 14.5. The Morgan fingerprint density at radius 3 is 2.75 bits per heavy atom. The van der Waals surface area contributed by atoms with Crippen molar-refractivity contribution in [2.75, 3.05) is 6.54 Å². The molecular formula is C15H21N3O2. The number of benzene rings is 1. The van der Waals surface area contributed by atoms with E-state index in [1.54, 1.807) is 6.07 Å². The summed E-state index contributed by atoms with van der Waals surface area (Å²) in [5.74, 6) is 1.27. The number of hydrogen-bond acceptors (Lipinski definition) is 5. The zero-order valence-electron chi connectivity index (χ0n) is 12.2. The molecule has 0 spiro atoms. The van der Waals surface area contributed by atoms with Gasteiger partial charge in [-0.3, -0.25) is 0 Å². The van der Waals surface area contributed by atoms with Gasteiger partial charge in [-0.1, -0.05) is 19.9 Å². The first-order chi connectivity index (χ1) is 9.65. The molecule has 0 aliphatic carbocycles. The lowest BCUT2D eigenvalue weighted by Crippen LogP contribution is -2.21. The number of phenols is 1. The van der Waals surface area contributed by atoms with Crippen molar-refractivity contribution in [3.8, 4) is 17.2 Å². The lowest BCUT2D eigenvalue weighted by molar-refractivity contribution is 0.396. The SMILES string of the molecule is CCCNC(CC)c1nnc(-c2ccc(C)c(O)c2)o1. The number of rotatable bonds is 6. The second-order valence-electron chi connectivity index (χ2n) is 4.86. The van der Waals surface area contributed by atoms with E-state index in [1.165, 1.54) is 0 Å². The van der Waals surface area contributed by atoms with Crippen LogP contribution in [0.1, 0.15) is 44.2 Å². The van der Waals surface area contributed by atoms with Crippen LogP contribution in [0.5, 0.6) is 5.75 Å². The second-order valence-corrected chi connectivity index (χ2v) is 4.86. The van der Waals surface area contributed by atoms with Crippen molar-refractivity contribution < 1.29 is 9.52 Å². The van der Waals surface area contributed by atoms with Crippen LogP contribution in [0.3, 0.4) is 0 Å². The summed E-state index contributed by atoms with van der Waals surface area (Å²) in [6.45, 7) is 6.96. The molecule has 1 heterocycles. The largest absolute Gasteiger partial charge is 0.508 e. The zero-order valence-corrected chi connectivity index (χ0v) is 12.2. The highest BCUT2D eigenvalue weighted by Gasteiger charge is 2.17. The summed E-state index contributed by atoms with van der Waals surface area (Å²) in [6.07, 6.45) is 1.95. The normalized spacial score (nSPS) is 12.6. The molecule has 108 valence electrons. The Balaban J connectivity index is 2.20. The Kier molecular flexibility index (Phi) is 4.74. The van der Waals surface area contributed by atoms with E-state index in [2.05, 4.69) is 29.4 Å². The van der Waals surface area contributed by atoms with Gasteiger partial charge in [0.2, 0.25) is 11.8 Å². The van der Waals surface area contributed by atoms with Crippen molar-refractivity contribution in [3.05, 3.63) is 29.7 Å². The van der Waals surface area contributed by atoms with Gasteiger partial charge in [-0.25, -0.2) is 0 Å². The summed E-state index contributed by atoms with van der Waals surface area (Å²) >= 11 is 0. The van der Waals surface area contributed by atoms with E-state index in [0.29, 0.717) is 11.8 Å². The van der Waals surface area contributed by atoms with Crippen LogP contribution in [0.2, 0.25) is 0 Å². The predicted molar refractivity (Wildman–Crippen MR) is 77.5 cm³/mol. The summed E-state index contributed by atoms with van der Waals surface area (Å²) in [6, 6.07) is 5.43. The fourth-order valence-corrected chi connectivity index (χ4v) is 1.96. The van der Waals surface area contributed by atoms with Gasteiger partial charge in [0.05, 0.1) is 6.04 Å². The number of aromatic hydroxyl groups is 1. The molecule has 0 fully saturated rings. The third-order valence-corrected chi connectivity index (χ3v) is 3.24. The van der Waals surface area contributed by atoms with E-state index in [1.807, 2.05) is 19.1 Å². The third kappa shape index (κ3) is 3.17. The Labute approximate surface area is 119 Å². The lowest BCUT2D eigenvalue weighted by Gasteiger charge is -2.11. The molecule has 2 N–H and O–H groups in total. The topological polar surface area (TPSA) is 71.2 Å². The quantitative estimate of drug-likeness (QED) is 0.847. The molecule has 5 nitrogen and oxygen atoms in total. The predicted octanol–water partition coefficient (Wildman–Crippen LogP) is 3.20. The van der Waals surface area contributed by atoms with Gasteiger partial charge in [0.25, 0.3) is 0 Å². The van der Waals surface area contributed by atoms with Crippen molar-refractivity contribution in [1.82, 2.24) is 15.5 Å². The fourth-order valence-electron chi connectivity index (χ4n) is 1.96. The maximum atomic E-state index is 9.74. The third-order valence-electron chi connectivity index (χ3n) is 3.24. The minimum Gasteiger partial charge on any atom is -0.508 e. The van der Waals surface area contributed by atoms with Crippen molar-refractivity contribution in [2.45, 2.75) is 39.7 Å². The molecule has 1 aromatic carbocycles. The molecule has 0 aliphatic heterocycles. The molecule has 0 radical (unpaired) electrons. The van der Waals surface area contributed by atoms with E-state index in [4.69, 9.17) is 4.42 Å². The van der Waals surface area contributed by atoms with Crippen molar-refractivity contribution >= 4 is 0 Å². The molecule has 1 atom stereocenters. The van der Waals surface area contributed by atoms with Crippen LogP contribution in [0.15, 0.2) is 22.6 Å².